The van der Waals surface area contributed by atoms with Gasteiger partial charge in [-0.3, -0.25) is 4.99 Å². The third-order valence-corrected chi connectivity index (χ3v) is 2.87. The molecule has 16 heavy (non-hydrogen) atoms. The van der Waals surface area contributed by atoms with Gasteiger partial charge in [-0.05, 0) is 19.3 Å². The van der Waals surface area contributed by atoms with Crippen LogP contribution in [0.3, 0.4) is 0 Å². The molecule has 0 bridgehead atoms. The smallest absolute Gasteiger partial charge is 0.191 e. The summed E-state index contributed by atoms with van der Waals surface area (Å²) in [5.74, 6) is 0.694. The molecule has 1 aromatic rings. The first-order valence-corrected chi connectivity index (χ1v) is 5.87. The summed E-state index contributed by atoms with van der Waals surface area (Å²) in [4.78, 5) is 10.6. The van der Waals surface area contributed by atoms with E-state index in [4.69, 9.17) is 5.73 Å². The van der Waals surface area contributed by atoms with Crippen molar-refractivity contribution in [3.05, 3.63) is 18.7 Å². The van der Waals surface area contributed by atoms with Gasteiger partial charge in [0.05, 0.1) is 12.9 Å². The third-order valence-electron chi connectivity index (χ3n) is 2.87. The summed E-state index contributed by atoms with van der Waals surface area (Å²) < 4.78 is 2.01. The zero-order valence-corrected chi connectivity index (χ0v) is 9.55. The Morgan fingerprint density at radius 2 is 2.12 bits per heavy atom. The second-order valence-corrected chi connectivity index (χ2v) is 4.09. The number of nitrogens with zero attached hydrogens (tertiary/aromatic N) is 4. The van der Waals surface area contributed by atoms with Crippen molar-refractivity contribution < 1.29 is 0 Å². The van der Waals surface area contributed by atoms with Crippen molar-refractivity contribution >= 4 is 5.96 Å². The van der Waals surface area contributed by atoms with Crippen molar-refractivity contribution in [2.75, 3.05) is 19.6 Å². The standard InChI is InChI=1S/C11H19N5/c12-11(16-6-2-1-3-7-16)14-5-9-15-8-4-13-10-15/h4,8,10H,1-3,5-7,9H2,(H2,12,14). The molecule has 1 aliphatic heterocycles. The van der Waals surface area contributed by atoms with Gasteiger partial charge in [-0.2, -0.15) is 0 Å². The molecule has 1 aromatic heterocycles. The SMILES string of the molecule is NC(=NCCn1ccnc1)N1CCCCC1. The minimum absolute atomic E-state index is 0.694. The molecule has 0 spiro atoms. The van der Waals surface area contributed by atoms with E-state index in [0.29, 0.717) is 5.96 Å². The van der Waals surface area contributed by atoms with E-state index in [1.54, 1.807) is 12.5 Å². The summed E-state index contributed by atoms with van der Waals surface area (Å²) in [7, 11) is 0. The molecule has 0 unspecified atom stereocenters. The molecule has 0 aromatic carbocycles. The van der Waals surface area contributed by atoms with Gasteiger partial charge in [0, 0.05) is 32.0 Å². The topological polar surface area (TPSA) is 59.4 Å². The Morgan fingerprint density at radius 1 is 1.31 bits per heavy atom. The number of piperidine rings is 1. The first-order valence-electron chi connectivity index (χ1n) is 5.87. The van der Waals surface area contributed by atoms with E-state index in [9.17, 15) is 0 Å². The summed E-state index contributed by atoms with van der Waals surface area (Å²) >= 11 is 0. The van der Waals surface area contributed by atoms with Gasteiger partial charge in [0.2, 0.25) is 0 Å². The Kier molecular flexibility index (Phi) is 3.80. The van der Waals surface area contributed by atoms with E-state index in [-0.39, 0.29) is 0 Å². The maximum atomic E-state index is 5.94. The van der Waals surface area contributed by atoms with E-state index in [0.717, 1.165) is 26.2 Å². The molecule has 0 aliphatic carbocycles. The van der Waals surface area contributed by atoms with E-state index in [2.05, 4.69) is 14.9 Å². The van der Waals surface area contributed by atoms with Crippen LogP contribution in [0.5, 0.6) is 0 Å². The average Bonchev–Trinajstić information content (AvgIpc) is 2.83. The molecule has 0 radical (unpaired) electrons. The lowest BCUT2D eigenvalue weighted by atomic mass is 10.1. The molecule has 0 saturated carbocycles. The Morgan fingerprint density at radius 3 is 2.81 bits per heavy atom. The molecule has 5 heteroatoms. The van der Waals surface area contributed by atoms with Gasteiger partial charge in [-0.15, -0.1) is 0 Å². The lowest BCUT2D eigenvalue weighted by Gasteiger charge is -2.27. The number of guanidine groups is 1. The Balaban J connectivity index is 1.77. The van der Waals surface area contributed by atoms with Gasteiger partial charge in [0.1, 0.15) is 0 Å². The molecular weight excluding hydrogens is 202 g/mol. The highest BCUT2D eigenvalue weighted by molar-refractivity contribution is 5.78. The number of rotatable bonds is 3. The summed E-state index contributed by atoms with van der Waals surface area (Å²) in [5.41, 5.74) is 5.94. The summed E-state index contributed by atoms with van der Waals surface area (Å²) in [6.45, 7) is 3.67. The van der Waals surface area contributed by atoms with Crippen LogP contribution in [0, 0.1) is 0 Å². The highest BCUT2D eigenvalue weighted by Gasteiger charge is 2.11. The number of hydrogen-bond donors (Lipinski definition) is 1. The Hall–Kier alpha value is -1.52. The lowest BCUT2D eigenvalue weighted by Crippen LogP contribution is -2.41. The quantitative estimate of drug-likeness (QED) is 0.603. The Bertz CT molecular complexity index is 324. The predicted molar refractivity (Wildman–Crippen MR) is 64.1 cm³/mol. The van der Waals surface area contributed by atoms with Crippen molar-refractivity contribution in [1.29, 1.82) is 0 Å². The molecular formula is C11H19N5. The molecule has 2 heterocycles. The van der Waals surface area contributed by atoms with Crippen LogP contribution in [0.25, 0.3) is 0 Å². The molecule has 1 fully saturated rings. The van der Waals surface area contributed by atoms with Crippen LogP contribution in [-0.4, -0.2) is 40.0 Å². The number of aromatic nitrogens is 2. The molecule has 0 atom stereocenters. The van der Waals surface area contributed by atoms with Crippen LogP contribution >= 0.6 is 0 Å². The highest BCUT2D eigenvalue weighted by atomic mass is 15.3. The van der Waals surface area contributed by atoms with Gasteiger partial charge in [0.15, 0.2) is 5.96 Å². The highest BCUT2D eigenvalue weighted by Crippen LogP contribution is 2.07. The van der Waals surface area contributed by atoms with Gasteiger partial charge in [0.25, 0.3) is 0 Å². The third kappa shape index (κ3) is 2.98. The molecule has 5 nitrogen and oxygen atoms in total. The molecule has 2 rings (SSSR count). The van der Waals surface area contributed by atoms with Crippen molar-refractivity contribution in [2.24, 2.45) is 10.7 Å². The van der Waals surface area contributed by atoms with Crippen LogP contribution in [0.2, 0.25) is 0 Å². The molecule has 1 saturated heterocycles. The number of aliphatic imine (C=N–C) groups is 1. The van der Waals surface area contributed by atoms with Crippen LogP contribution in [0.15, 0.2) is 23.7 Å². The van der Waals surface area contributed by atoms with Gasteiger partial charge in [-0.1, -0.05) is 0 Å². The zero-order chi connectivity index (χ0) is 11.2. The average molecular weight is 221 g/mol. The monoisotopic (exact) mass is 221 g/mol. The first kappa shape index (κ1) is 11.0. The van der Waals surface area contributed by atoms with E-state index in [1.807, 2.05) is 10.8 Å². The van der Waals surface area contributed by atoms with E-state index in [1.165, 1.54) is 19.3 Å². The molecule has 1 aliphatic rings. The summed E-state index contributed by atoms with van der Waals surface area (Å²) in [5, 5.41) is 0. The number of likely N-dealkylation sites (tertiary alicyclic amines) is 1. The first-order chi connectivity index (χ1) is 7.86. The fourth-order valence-electron chi connectivity index (χ4n) is 1.92. The Labute approximate surface area is 96.0 Å². The predicted octanol–water partition coefficient (Wildman–Crippen LogP) is 0.684. The van der Waals surface area contributed by atoms with Crippen molar-refractivity contribution in [1.82, 2.24) is 14.5 Å². The minimum Gasteiger partial charge on any atom is -0.370 e. The van der Waals surface area contributed by atoms with E-state index < -0.39 is 0 Å². The minimum atomic E-state index is 0.694. The maximum absolute atomic E-state index is 5.94. The van der Waals surface area contributed by atoms with Crippen LogP contribution in [-0.2, 0) is 6.54 Å². The second-order valence-electron chi connectivity index (χ2n) is 4.09. The molecule has 88 valence electrons. The fraction of sp³-hybridized carbons (Fsp3) is 0.636. The van der Waals surface area contributed by atoms with Gasteiger partial charge < -0.3 is 15.2 Å². The van der Waals surface area contributed by atoms with E-state index >= 15 is 0 Å². The lowest BCUT2D eigenvalue weighted by molar-refractivity contribution is 0.338. The zero-order valence-electron chi connectivity index (χ0n) is 9.55. The maximum Gasteiger partial charge on any atom is 0.191 e. The molecule has 0 amide bonds. The van der Waals surface area contributed by atoms with Crippen molar-refractivity contribution in [3.63, 3.8) is 0 Å². The van der Waals surface area contributed by atoms with Crippen LogP contribution < -0.4 is 5.73 Å². The fourth-order valence-corrected chi connectivity index (χ4v) is 1.92. The largest absolute Gasteiger partial charge is 0.370 e. The second kappa shape index (κ2) is 5.53. The van der Waals surface area contributed by atoms with Crippen LogP contribution in [0.4, 0.5) is 0 Å². The number of nitrogens with two attached hydrogens (primary N) is 1. The summed E-state index contributed by atoms with van der Waals surface area (Å²) in [6.07, 6.45) is 9.30. The number of hydrogen-bond acceptors (Lipinski definition) is 2. The van der Waals surface area contributed by atoms with Crippen molar-refractivity contribution in [3.8, 4) is 0 Å². The van der Waals surface area contributed by atoms with Crippen molar-refractivity contribution in [2.45, 2.75) is 25.8 Å². The normalized spacial score (nSPS) is 17.8. The summed E-state index contributed by atoms with van der Waals surface area (Å²) in [6, 6.07) is 0. The van der Waals surface area contributed by atoms with Gasteiger partial charge >= 0.3 is 0 Å². The molecule has 2 N–H and O–H groups in total. The van der Waals surface area contributed by atoms with Gasteiger partial charge in [-0.25, -0.2) is 4.98 Å². The number of imidazole rings is 1. The van der Waals surface area contributed by atoms with Crippen LogP contribution in [0.1, 0.15) is 19.3 Å².